The van der Waals surface area contributed by atoms with E-state index in [4.69, 9.17) is 5.11 Å². The Bertz CT molecular complexity index is 571. The number of hydrogen-bond acceptors (Lipinski definition) is 4. The predicted molar refractivity (Wildman–Crippen MR) is 75.3 cm³/mol. The highest BCUT2D eigenvalue weighted by Crippen LogP contribution is 2.24. The number of thiophene rings is 1. The van der Waals surface area contributed by atoms with Crippen molar-refractivity contribution in [1.29, 1.82) is 0 Å². The third-order valence-corrected chi connectivity index (χ3v) is 4.14. The number of anilines is 1. The van der Waals surface area contributed by atoms with Crippen molar-refractivity contribution in [2.24, 2.45) is 0 Å². The Hall–Kier alpha value is -1.40. The monoisotopic (exact) mass is 326 g/mol. The van der Waals surface area contributed by atoms with Crippen LogP contribution in [-0.2, 0) is 6.54 Å². The summed E-state index contributed by atoms with van der Waals surface area (Å²) < 4.78 is 1.05. The SMILES string of the molecule is CN(Cc1cc(Br)cs1)c1ccncc1C(=O)O. The molecule has 0 aliphatic rings. The summed E-state index contributed by atoms with van der Waals surface area (Å²) in [7, 11) is 1.87. The van der Waals surface area contributed by atoms with Crippen molar-refractivity contribution < 1.29 is 9.90 Å². The standard InChI is InChI=1S/C12H11BrN2O2S/c1-15(6-9-4-8(13)7-18-9)11-2-3-14-5-10(11)12(16)17/h2-5,7H,6H2,1H3,(H,16,17). The van der Waals surface area contributed by atoms with Crippen LogP contribution in [0, 0.1) is 0 Å². The Morgan fingerprint density at radius 3 is 3.00 bits per heavy atom. The van der Waals surface area contributed by atoms with Crippen molar-refractivity contribution in [3.8, 4) is 0 Å². The average Bonchev–Trinajstić information content (AvgIpc) is 2.74. The van der Waals surface area contributed by atoms with E-state index in [9.17, 15) is 4.79 Å². The van der Waals surface area contributed by atoms with Crippen molar-refractivity contribution in [3.05, 3.63) is 44.8 Å². The van der Waals surface area contributed by atoms with E-state index in [0.29, 0.717) is 12.2 Å². The molecule has 18 heavy (non-hydrogen) atoms. The number of aromatic carboxylic acids is 1. The van der Waals surface area contributed by atoms with Crippen LogP contribution in [0.5, 0.6) is 0 Å². The first-order valence-corrected chi connectivity index (χ1v) is 6.86. The minimum atomic E-state index is -0.961. The van der Waals surface area contributed by atoms with Gasteiger partial charge >= 0.3 is 5.97 Å². The fourth-order valence-electron chi connectivity index (χ4n) is 1.64. The molecule has 0 aliphatic carbocycles. The fraction of sp³-hybridized carbons (Fsp3) is 0.167. The van der Waals surface area contributed by atoms with Crippen LogP contribution in [0.25, 0.3) is 0 Å². The highest BCUT2D eigenvalue weighted by atomic mass is 79.9. The molecule has 0 aromatic carbocycles. The Labute approximate surface area is 117 Å². The molecule has 94 valence electrons. The Morgan fingerprint density at radius 1 is 1.61 bits per heavy atom. The van der Waals surface area contributed by atoms with Gasteiger partial charge in [-0.2, -0.15) is 0 Å². The minimum absolute atomic E-state index is 0.218. The predicted octanol–water partition coefficient (Wildman–Crippen LogP) is 3.24. The molecule has 0 saturated heterocycles. The lowest BCUT2D eigenvalue weighted by molar-refractivity contribution is 0.0697. The maximum atomic E-state index is 11.1. The second-order valence-electron chi connectivity index (χ2n) is 3.79. The first-order chi connectivity index (χ1) is 8.58. The molecule has 4 nitrogen and oxygen atoms in total. The van der Waals surface area contributed by atoms with Gasteiger partial charge in [0, 0.05) is 34.2 Å². The molecule has 0 spiro atoms. The summed E-state index contributed by atoms with van der Waals surface area (Å²) in [5.74, 6) is -0.961. The van der Waals surface area contributed by atoms with E-state index in [0.717, 1.165) is 9.35 Å². The molecule has 0 fully saturated rings. The molecule has 0 atom stereocenters. The third-order valence-electron chi connectivity index (χ3n) is 2.45. The number of rotatable bonds is 4. The molecule has 1 N–H and O–H groups in total. The minimum Gasteiger partial charge on any atom is -0.478 e. The van der Waals surface area contributed by atoms with Crippen molar-refractivity contribution in [2.45, 2.75) is 6.54 Å². The van der Waals surface area contributed by atoms with Crippen molar-refractivity contribution in [1.82, 2.24) is 4.98 Å². The van der Waals surface area contributed by atoms with Crippen molar-refractivity contribution in [3.63, 3.8) is 0 Å². The first-order valence-electron chi connectivity index (χ1n) is 5.19. The summed E-state index contributed by atoms with van der Waals surface area (Å²) in [6.45, 7) is 0.667. The second-order valence-corrected chi connectivity index (χ2v) is 5.70. The van der Waals surface area contributed by atoms with Gasteiger partial charge in [0.05, 0.1) is 12.2 Å². The van der Waals surface area contributed by atoms with Gasteiger partial charge in [-0.1, -0.05) is 0 Å². The third kappa shape index (κ3) is 2.88. The molecule has 2 rings (SSSR count). The molecule has 2 heterocycles. The summed E-state index contributed by atoms with van der Waals surface area (Å²) in [6.07, 6.45) is 2.97. The van der Waals surface area contributed by atoms with Gasteiger partial charge in [0.25, 0.3) is 0 Å². The van der Waals surface area contributed by atoms with Gasteiger partial charge in [0.1, 0.15) is 5.56 Å². The first kappa shape index (κ1) is 13.0. The molecule has 0 radical (unpaired) electrons. The number of pyridine rings is 1. The average molecular weight is 327 g/mol. The zero-order chi connectivity index (χ0) is 13.1. The summed E-state index contributed by atoms with van der Waals surface area (Å²) in [5.41, 5.74) is 0.887. The molecule has 2 aromatic heterocycles. The van der Waals surface area contributed by atoms with Gasteiger partial charge in [-0.15, -0.1) is 11.3 Å². The normalized spacial score (nSPS) is 10.3. The molecule has 0 bridgehead atoms. The van der Waals surface area contributed by atoms with E-state index in [1.807, 2.05) is 23.4 Å². The van der Waals surface area contributed by atoms with E-state index in [1.165, 1.54) is 6.20 Å². The van der Waals surface area contributed by atoms with Gasteiger partial charge in [-0.3, -0.25) is 4.98 Å². The van der Waals surface area contributed by atoms with Crippen LogP contribution in [0.2, 0.25) is 0 Å². The molecular weight excluding hydrogens is 316 g/mol. The Kier molecular flexibility index (Phi) is 3.98. The molecule has 2 aromatic rings. The Balaban J connectivity index is 2.23. The van der Waals surface area contributed by atoms with Crippen molar-refractivity contribution in [2.75, 3.05) is 11.9 Å². The number of hydrogen-bond donors (Lipinski definition) is 1. The summed E-state index contributed by atoms with van der Waals surface area (Å²) in [4.78, 5) is 18.0. The summed E-state index contributed by atoms with van der Waals surface area (Å²) in [6, 6.07) is 3.74. The number of carboxylic acids is 1. The number of aromatic nitrogens is 1. The van der Waals surface area contributed by atoms with Crippen LogP contribution in [0.3, 0.4) is 0 Å². The number of halogens is 1. The summed E-state index contributed by atoms with van der Waals surface area (Å²) >= 11 is 5.04. The zero-order valence-electron chi connectivity index (χ0n) is 9.63. The maximum Gasteiger partial charge on any atom is 0.339 e. The van der Waals surface area contributed by atoms with E-state index in [-0.39, 0.29) is 5.56 Å². The summed E-state index contributed by atoms with van der Waals surface area (Å²) in [5, 5.41) is 11.1. The highest BCUT2D eigenvalue weighted by molar-refractivity contribution is 9.10. The van der Waals surface area contributed by atoms with Gasteiger partial charge in [-0.05, 0) is 28.1 Å². The van der Waals surface area contributed by atoms with Crippen LogP contribution >= 0.6 is 27.3 Å². The topological polar surface area (TPSA) is 53.4 Å². The zero-order valence-corrected chi connectivity index (χ0v) is 12.0. The van der Waals surface area contributed by atoms with Gasteiger partial charge < -0.3 is 10.0 Å². The molecule has 6 heteroatoms. The molecule has 0 aliphatic heterocycles. The lowest BCUT2D eigenvalue weighted by Crippen LogP contribution is -2.19. The van der Waals surface area contributed by atoms with Gasteiger partial charge in [0.2, 0.25) is 0 Å². The van der Waals surface area contributed by atoms with Crippen molar-refractivity contribution >= 4 is 38.9 Å². The number of nitrogens with zero attached hydrogens (tertiary/aromatic N) is 2. The van der Waals surface area contributed by atoms with Crippen LogP contribution in [0.4, 0.5) is 5.69 Å². The number of carboxylic acid groups (broad SMARTS) is 1. The van der Waals surface area contributed by atoms with Crippen LogP contribution in [0.1, 0.15) is 15.2 Å². The maximum absolute atomic E-state index is 11.1. The smallest absolute Gasteiger partial charge is 0.339 e. The lowest BCUT2D eigenvalue weighted by atomic mass is 10.2. The Morgan fingerprint density at radius 2 is 2.39 bits per heavy atom. The second kappa shape index (κ2) is 5.49. The lowest BCUT2D eigenvalue weighted by Gasteiger charge is -2.19. The molecule has 0 amide bonds. The van der Waals surface area contributed by atoms with E-state index in [1.54, 1.807) is 23.6 Å². The van der Waals surface area contributed by atoms with Gasteiger partial charge in [0.15, 0.2) is 0 Å². The largest absolute Gasteiger partial charge is 0.478 e. The van der Waals surface area contributed by atoms with Gasteiger partial charge in [-0.25, -0.2) is 4.79 Å². The van der Waals surface area contributed by atoms with E-state index < -0.39 is 5.97 Å². The molecular formula is C12H11BrN2O2S. The number of carbonyl (C=O) groups is 1. The fourth-order valence-corrected chi connectivity index (χ4v) is 3.14. The highest BCUT2D eigenvalue weighted by Gasteiger charge is 2.14. The van der Waals surface area contributed by atoms with Crippen LogP contribution in [-0.4, -0.2) is 23.1 Å². The van der Waals surface area contributed by atoms with E-state index in [2.05, 4.69) is 20.9 Å². The molecule has 0 unspecified atom stereocenters. The quantitative estimate of drug-likeness (QED) is 0.937. The van der Waals surface area contributed by atoms with Crippen LogP contribution in [0.15, 0.2) is 34.4 Å². The van der Waals surface area contributed by atoms with Crippen LogP contribution < -0.4 is 4.90 Å². The molecule has 0 saturated carbocycles. The van der Waals surface area contributed by atoms with E-state index >= 15 is 0 Å².